The highest BCUT2D eigenvalue weighted by Crippen LogP contribution is 2.32. The normalized spacial score (nSPS) is 11.9. The molecule has 1 heterocycles. The van der Waals surface area contributed by atoms with Crippen LogP contribution in [0.15, 0.2) is 59.0 Å². The topological polar surface area (TPSA) is 51.5 Å². The Morgan fingerprint density at radius 1 is 1.11 bits per heavy atom. The Balaban J connectivity index is 1.63. The average Bonchev–Trinajstić information content (AvgIpc) is 3.17. The van der Waals surface area contributed by atoms with Gasteiger partial charge >= 0.3 is 0 Å². The molecule has 1 N–H and O–H groups in total. The van der Waals surface area contributed by atoms with E-state index in [1.165, 1.54) is 5.56 Å². The fourth-order valence-corrected chi connectivity index (χ4v) is 3.12. The minimum Gasteiger partial charge on any atom is -0.484 e. The van der Waals surface area contributed by atoms with Crippen LogP contribution in [0.5, 0.6) is 5.75 Å². The number of furan rings is 1. The number of benzene rings is 2. The first-order valence-electron chi connectivity index (χ1n) is 9.01. The Morgan fingerprint density at radius 3 is 2.57 bits per heavy atom. The SMILES string of the molecule is CCC(NC(=O)c1ccc(COc2cccc(Cl)c2Cl)o1)c1ccc(C)cc1. The molecular formula is C22H21Cl2NO3. The molecule has 3 aromatic rings. The molecule has 0 saturated heterocycles. The highest BCUT2D eigenvalue weighted by molar-refractivity contribution is 6.42. The molecule has 1 unspecified atom stereocenters. The molecular weight excluding hydrogens is 397 g/mol. The summed E-state index contributed by atoms with van der Waals surface area (Å²) in [6.07, 6.45) is 0.777. The molecule has 1 aromatic heterocycles. The van der Waals surface area contributed by atoms with E-state index in [0.29, 0.717) is 21.6 Å². The molecule has 0 aliphatic carbocycles. The average molecular weight is 418 g/mol. The van der Waals surface area contributed by atoms with Crippen LogP contribution >= 0.6 is 23.2 Å². The second-order valence-corrected chi connectivity index (χ2v) is 7.24. The summed E-state index contributed by atoms with van der Waals surface area (Å²) in [4.78, 5) is 12.6. The number of carbonyl (C=O) groups is 1. The van der Waals surface area contributed by atoms with Crippen molar-refractivity contribution in [1.29, 1.82) is 0 Å². The molecule has 1 amide bonds. The molecule has 0 fully saturated rings. The molecule has 2 aromatic carbocycles. The number of carbonyl (C=O) groups excluding carboxylic acids is 1. The minimum absolute atomic E-state index is 0.0804. The predicted octanol–water partition coefficient (Wildman–Crippen LogP) is 6.35. The summed E-state index contributed by atoms with van der Waals surface area (Å²) < 4.78 is 11.3. The molecule has 4 nitrogen and oxygen atoms in total. The number of ether oxygens (including phenoxy) is 1. The van der Waals surface area contributed by atoms with Gasteiger partial charge in [0.05, 0.1) is 11.1 Å². The number of hydrogen-bond acceptors (Lipinski definition) is 3. The fourth-order valence-electron chi connectivity index (χ4n) is 2.77. The lowest BCUT2D eigenvalue weighted by Gasteiger charge is -2.17. The van der Waals surface area contributed by atoms with E-state index in [9.17, 15) is 4.79 Å². The first-order chi connectivity index (χ1) is 13.5. The highest BCUT2D eigenvalue weighted by atomic mass is 35.5. The Labute approximate surface area is 174 Å². The van der Waals surface area contributed by atoms with Crippen molar-refractivity contribution in [3.8, 4) is 5.75 Å². The van der Waals surface area contributed by atoms with Gasteiger partial charge in [-0.05, 0) is 43.2 Å². The zero-order valence-electron chi connectivity index (χ0n) is 15.7. The van der Waals surface area contributed by atoms with Crippen molar-refractivity contribution in [3.05, 3.63) is 87.3 Å². The summed E-state index contributed by atoms with van der Waals surface area (Å²) >= 11 is 12.1. The quantitative estimate of drug-likeness (QED) is 0.486. The van der Waals surface area contributed by atoms with E-state index in [0.717, 1.165) is 12.0 Å². The van der Waals surface area contributed by atoms with Crippen molar-refractivity contribution >= 4 is 29.1 Å². The van der Waals surface area contributed by atoms with Crippen LogP contribution in [0.3, 0.4) is 0 Å². The summed E-state index contributed by atoms with van der Waals surface area (Å²) in [5.74, 6) is 0.951. The lowest BCUT2D eigenvalue weighted by molar-refractivity contribution is 0.0903. The van der Waals surface area contributed by atoms with Gasteiger partial charge in [-0.15, -0.1) is 0 Å². The van der Waals surface area contributed by atoms with Crippen molar-refractivity contribution in [1.82, 2.24) is 5.32 Å². The van der Waals surface area contributed by atoms with Crippen molar-refractivity contribution in [3.63, 3.8) is 0 Å². The third-order valence-electron chi connectivity index (χ3n) is 4.36. The van der Waals surface area contributed by atoms with Crippen LogP contribution in [0.4, 0.5) is 0 Å². The zero-order chi connectivity index (χ0) is 20.1. The van der Waals surface area contributed by atoms with Crippen LogP contribution in [0.25, 0.3) is 0 Å². The van der Waals surface area contributed by atoms with E-state index < -0.39 is 0 Å². The van der Waals surface area contributed by atoms with Crippen LogP contribution < -0.4 is 10.1 Å². The van der Waals surface area contributed by atoms with Gasteiger partial charge in [0.2, 0.25) is 0 Å². The Hall–Kier alpha value is -2.43. The molecule has 0 spiro atoms. The predicted molar refractivity (Wildman–Crippen MR) is 111 cm³/mol. The van der Waals surface area contributed by atoms with E-state index in [-0.39, 0.29) is 24.3 Å². The van der Waals surface area contributed by atoms with Gasteiger partial charge in [-0.25, -0.2) is 0 Å². The van der Waals surface area contributed by atoms with Gasteiger partial charge in [0, 0.05) is 0 Å². The summed E-state index contributed by atoms with van der Waals surface area (Å²) in [5.41, 5.74) is 2.24. The van der Waals surface area contributed by atoms with E-state index >= 15 is 0 Å². The molecule has 1 atom stereocenters. The number of hydrogen-bond donors (Lipinski definition) is 1. The van der Waals surface area contributed by atoms with Crippen LogP contribution in [0.2, 0.25) is 10.0 Å². The van der Waals surface area contributed by atoms with Gasteiger partial charge < -0.3 is 14.5 Å². The van der Waals surface area contributed by atoms with Crippen LogP contribution in [-0.4, -0.2) is 5.91 Å². The van der Waals surface area contributed by atoms with E-state index in [4.69, 9.17) is 32.4 Å². The van der Waals surface area contributed by atoms with Gasteiger partial charge in [0.15, 0.2) is 5.76 Å². The third-order valence-corrected chi connectivity index (χ3v) is 5.17. The van der Waals surface area contributed by atoms with Crippen molar-refractivity contribution in [2.45, 2.75) is 32.9 Å². The molecule has 0 aliphatic rings. The molecule has 6 heteroatoms. The fraction of sp³-hybridized carbons (Fsp3) is 0.227. The summed E-state index contributed by atoms with van der Waals surface area (Å²) in [7, 11) is 0. The summed E-state index contributed by atoms with van der Waals surface area (Å²) in [6, 6.07) is 16.5. The molecule has 0 bridgehead atoms. The van der Waals surface area contributed by atoms with Crippen LogP contribution in [0, 0.1) is 6.92 Å². The lowest BCUT2D eigenvalue weighted by Crippen LogP contribution is -2.27. The van der Waals surface area contributed by atoms with Gasteiger partial charge in [-0.3, -0.25) is 4.79 Å². The number of nitrogens with one attached hydrogen (secondary N) is 1. The largest absolute Gasteiger partial charge is 0.484 e. The van der Waals surface area contributed by atoms with Gasteiger partial charge in [0.1, 0.15) is 23.1 Å². The summed E-state index contributed by atoms with van der Waals surface area (Å²) in [5, 5.41) is 3.77. The zero-order valence-corrected chi connectivity index (χ0v) is 17.2. The van der Waals surface area contributed by atoms with Crippen molar-refractivity contribution < 1.29 is 13.9 Å². The van der Waals surface area contributed by atoms with Crippen LogP contribution in [0.1, 0.15) is 46.8 Å². The standard InChI is InChI=1S/C22H21Cl2NO3/c1-3-18(15-9-7-14(2)8-10-15)25-22(26)20-12-11-16(28-20)13-27-19-6-4-5-17(23)21(19)24/h4-12,18H,3,13H2,1-2H3,(H,25,26). The van der Waals surface area contributed by atoms with E-state index in [2.05, 4.69) is 5.32 Å². The monoisotopic (exact) mass is 417 g/mol. The Kier molecular flexibility index (Phi) is 6.65. The smallest absolute Gasteiger partial charge is 0.287 e. The van der Waals surface area contributed by atoms with Crippen LogP contribution in [-0.2, 0) is 6.61 Å². The van der Waals surface area contributed by atoms with E-state index in [1.807, 2.05) is 38.1 Å². The maximum Gasteiger partial charge on any atom is 0.287 e. The first-order valence-corrected chi connectivity index (χ1v) is 9.76. The Morgan fingerprint density at radius 2 is 1.86 bits per heavy atom. The second-order valence-electron chi connectivity index (χ2n) is 6.45. The second kappa shape index (κ2) is 9.18. The van der Waals surface area contributed by atoms with Gasteiger partial charge in [0.25, 0.3) is 5.91 Å². The minimum atomic E-state index is -0.264. The molecule has 0 saturated carbocycles. The molecule has 28 heavy (non-hydrogen) atoms. The lowest BCUT2D eigenvalue weighted by atomic mass is 10.0. The molecule has 0 aliphatic heterocycles. The van der Waals surface area contributed by atoms with Crippen molar-refractivity contribution in [2.24, 2.45) is 0 Å². The van der Waals surface area contributed by atoms with Crippen molar-refractivity contribution in [2.75, 3.05) is 0 Å². The molecule has 146 valence electrons. The van der Waals surface area contributed by atoms with E-state index in [1.54, 1.807) is 30.3 Å². The molecule has 0 radical (unpaired) electrons. The first kappa shape index (κ1) is 20.3. The number of amides is 1. The highest BCUT2D eigenvalue weighted by Gasteiger charge is 2.17. The Bertz CT molecular complexity index is 951. The van der Waals surface area contributed by atoms with Gasteiger partial charge in [-0.2, -0.15) is 0 Å². The maximum absolute atomic E-state index is 12.6. The maximum atomic E-state index is 12.6. The number of rotatable bonds is 7. The number of aryl methyl sites for hydroxylation is 1. The summed E-state index contributed by atoms with van der Waals surface area (Å²) in [6.45, 7) is 4.20. The number of halogens is 2. The third kappa shape index (κ3) is 4.89. The molecule has 3 rings (SSSR count). The van der Waals surface area contributed by atoms with Gasteiger partial charge in [-0.1, -0.05) is 66.0 Å².